The fourth-order valence-electron chi connectivity index (χ4n) is 8.37. The molecule has 0 N–H and O–H groups in total. The summed E-state index contributed by atoms with van der Waals surface area (Å²) in [5.41, 5.74) is 16.5. The molecule has 1 fully saturated rings. The van der Waals surface area contributed by atoms with Crippen molar-refractivity contribution in [1.82, 2.24) is 15.0 Å². The van der Waals surface area contributed by atoms with Crippen LogP contribution in [0.25, 0.3) is 67.0 Å². The van der Waals surface area contributed by atoms with E-state index in [0.717, 1.165) is 44.6 Å². The number of fused-ring (bicyclic) bond motifs is 3. The zero-order chi connectivity index (χ0) is 39.5. The second-order valence-electron chi connectivity index (χ2n) is 16.2. The predicted octanol–water partition coefficient (Wildman–Crippen LogP) is 14.6. The summed E-state index contributed by atoms with van der Waals surface area (Å²) in [6.07, 6.45) is 10.5. The monoisotopic (exact) mass is 938 g/mol. The normalized spacial score (nSPS) is 13.1. The van der Waals surface area contributed by atoms with E-state index in [1.807, 2.05) is 49.5 Å². The largest absolute Gasteiger partial charge is 0.486 e. The SMILES string of the molecule is Cc1cc(-c2[c-]ccc3c2oc2nc(-c4c(C(C)C)cc(-c5ccccc5)cc4C(C)C)ccc23)ncc1C1CCCCC1.Cc1ccc(-c2[c-]cccc2)nc1.[Ir]. The first kappa shape index (κ1) is 41.0. The minimum atomic E-state index is 0. The molecule has 5 heteroatoms. The summed E-state index contributed by atoms with van der Waals surface area (Å²) < 4.78 is 6.60. The molecule has 0 spiro atoms. The van der Waals surface area contributed by atoms with Crippen molar-refractivity contribution in [3.63, 3.8) is 0 Å². The molecule has 9 rings (SSSR count). The van der Waals surface area contributed by atoms with Crippen LogP contribution in [0.4, 0.5) is 0 Å². The van der Waals surface area contributed by atoms with E-state index in [2.05, 4.69) is 131 Å². The van der Waals surface area contributed by atoms with E-state index in [9.17, 15) is 0 Å². The Balaban J connectivity index is 0.000000311. The third-order valence-electron chi connectivity index (χ3n) is 11.5. The van der Waals surface area contributed by atoms with E-state index in [0.29, 0.717) is 23.5 Å². The zero-order valence-corrected chi connectivity index (χ0v) is 36.8. The molecule has 4 heterocycles. The second kappa shape index (κ2) is 18.1. The summed E-state index contributed by atoms with van der Waals surface area (Å²) in [5.74, 6) is 1.31. The van der Waals surface area contributed by atoms with Crippen molar-refractivity contribution in [3.05, 3.63) is 162 Å². The molecule has 0 aliphatic heterocycles. The standard InChI is InChI=1S/C41H41N2O.C12H10N.Ir/c1-25(2)34-22-30(28-13-8-6-9-14-28)23-35(26(3)4)39(34)37-20-19-32-31-17-12-18-33(40(31)44-41(32)43-37)38-21-27(5)36(24-42-38)29-15-10-7-11-16-29;1-10-7-8-12(13-9-10)11-5-3-2-4-6-11;/h6,8-9,12-14,17,19-26,29H,7,10-11,15-16H2,1-5H3;2-5,7-9H,1H3;/q2*-1;. The van der Waals surface area contributed by atoms with Crippen molar-refractivity contribution in [2.45, 2.75) is 91.4 Å². The van der Waals surface area contributed by atoms with Crippen molar-refractivity contribution >= 4 is 22.1 Å². The molecule has 1 saturated carbocycles. The molecule has 4 aromatic heterocycles. The van der Waals surface area contributed by atoms with Crippen LogP contribution in [-0.4, -0.2) is 15.0 Å². The molecule has 0 unspecified atom stereocenters. The van der Waals surface area contributed by atoms with E-state index >= 15 is 0 Å². The maximum atomic E-state index is 6.60. The van der Waals surface area contributed by atoms with E-state index in [-0.39, 0.29) is 20.1 Å². The first-order valence-electron chi connectivity index (χ1n) is 20.6. The van der Waals surface area contributed by atoms with Crippen LogP contribution < -0.4 is 0 Å². The van der Waals surface area contributed by atoms with Gasteiger partial charge in [0.1, 0.15) is 0 Å². The van der Waals surface area contributed by atoms with Gasteiger partial charge in [-0.3, -0.25) is 0 Å². The summed E-state index contributed by atoms with van der Waals surface area (Å²) in [7, 11) is 0. The second-order valence-corrected chi connectivity index (χ2v) is 16.2. The number of aromatic nitrogens is 3. The Kier molecular flexibility index (Phi) is 12.8. The van der Waals surface area contributed by atoms with Gasteiger partial charge in [-0.2, -0.15) is 0 Å². The van der Waals surface area contributed by atoms with Crippen LogP contribution in [0.3, 0.4) is 0 Å². The third-order valence-corrected chi connectivity index (χ3v) is 11.5. The van der Waals surface area contributed by atoms with Crippen molar-refractivity contribution < 1.29 is 24.5 Å². The molecule has 0 amide bonds. The van der Waals surface area contributed by atoms with E-state index in [1.54, 1.807) is 0 Å². The first-order chi connectivity index (χ1) is 27.7. The van der Waals surface area contributed by atoms with Crippen LogP contribution in [0, 0.1) is 26.0 Å². The fourth-order valence-corrected chi connectivity index (χ4v) is 8.37. The topological polar surface area (TPSA) is 51.8 Å². The van der Waals surface area contributed by atoms with E-state index < -0.39 is 0 Å². The van der Waals surface area contributed by atoms with E-state index in [1.165, 1.54) is 76.6 Å². The van der Waals surface area contributed by atoms with Gasteiger partial charge in [0.2, 0.25) is 5.71 Å². The Bertz CT molecular complexity index is 2590. The molecule has 0 bridgehead atoms. The number of rotatable bonds is 7. The van der Waals surface area contributed by atoms with Crippen molar-refractivity contribution in [2.75, 3.05) is 0 Å². The maximum absolute atomic E-state index is 6.60. The number of nitrogens with zero attached hydrogens (tertiary/aromatic N) is 3. The van der Waals surface area contributed by atoms with Crippen LogP contribution in [0.5, 0.6) is 0 Å². The van der Waals surface area contributed by atoms with Crippen LogP contribution >= 0.6 is 0 Å². The average molecular weight is 938 g/mol. The van der Waals surface area contributed by atoms with Gasteiger partial charge in [-0.15, -0.1) is 54.1 Å². The molecule has 4 nitrogen and oxygen atoms in total. The molecule has 1 aliphatic rings. The van der Waals surface area contributed by atoms with Gasteiger partial charge >= 0.3 is 0 Å². The third kappa shape index (κ3) is 8.63. The van der Waals surface area contributed by atoms with Crippen molar-refractivity contribution in [3.8, 4) is 44.9 Å². The first-order valence-corrected chi connectivity index (χ1v) is 20.6. The summed E-state index contributed by atoms with van der Waals surface area (Å²) >= 11 is 0. The molecule has 1 aliphatic carbocycles. The van der Waals surface area contributed by atoms with Gasteiger partial charge in [0.25, 0.3) is 0 Å². The van der Waals surface area contributed by atoms with Crippen LogP contribution in [0.2, 0.25) is 0 Å². The van der Waals surface area contributed by atoms with Crippen molar-refractivity contribution in [2.24, 2.45) is 0 Å². The van der Waals surface area contributed by atoms with Gasteiger partial charge in [0.05, 0.1) is 11.3 Å². The number of aryl methyl sites for hydroxylation is 2. The Hall–Kier alpha value is -5.22. The minimum Gasteiger partial charge on any atom is -0.486 e. The van der Waals surface area contributed by atoms with Gasteiger partial charge < -0.3 is 14.4 Å². The Morgan fingerprint density at radius 1 is 0.638 bits per heavy atom. The summed E-state index contributed by atoms with van der Waals surface area (Å²) in [4.78, 5) is 14.5. The molecule has 0 saturated heterocycles. The molecule has 0 atom stereocenters. The molecule has 1 radical (unpaired) electrons. The summed E-state index contributed by atoms with van der Waals surface area (Å²) in [6.45, 7) is 13.3. The zero-order valence-electron chi connectivity index (χ0n) is 34.4. The Labute approximate surface area is 357 Å². The smallest absolute Gasteiger partial charge is 0.216 e. The van der Waals surface area contributed by atoms with Gasteiger partial charge in [0.15, 0.2) is 0 Å². The van der Waals surface area contributed by atoms with Gasteiger partial charge in [-0.25, -0.2) is 4.98 Å². The maximum Gasteiger partial charge on any atom is 0.216 e. The quantitative estimate of drug-likeness (QED) is 0.149. The van der Waals surface area contributed by atoms with Crippen LogP contribution in [0.1, 0.15) is 105 Å². The predicted molar refractivity (Wildman–Crippen MR) is 236 cm³/mol. The molecular formula is C53H51IrN3O-2. The fraction of sp³-hybridized carbons (Fsp3) is 0.264. The molecule has 295 valence electrons. The molecular weight excluding hydrogens is 887 g/mol. The number of furan rings is 1. The van der Waals surface area contributed by atoms with Gasteiger partial charge in [-0.05, 0) is 101 Å². The van der Waals surface area contributed by atoms with Gasteiger partial charge in [0, 0.05) is 43.4 Å². The molecule has 8 aromatic rings. The van der Waals surface area contributed by atoms with Crippen molar-refractivity contribution in [1.29, 1.82) is 0 Å². The van der Waals surface area contributed by atoms with Crippen LogP contribution in [0.15, 0.2) is 126 Å². The van der Waals surface area contributed by atoms with E-state index in [4.69, 9.17) is 14.4 Å². The number of hydrogen-bond acceptors (Lipinski definition) is 4. The minimum absolute atomic E-state index is 0. The number of benzene rings is 4. The Morgan fingerprint density at radius 3 is 2.00 bits per heavy atom. The summed E-state index contributed by atoms with van der Waals surface area (Å²) in [5, 5.41) is 2.07. The average Bonchev–Trinajstić information content (AvgIpc) is 3.63. The molecule has 58 heavy (non-hydrogen) atoms. The molecule has 4 aromatic carbocycles. The van der Waals surface area contributed by atoms with Gasteiger partial charge in [-0.1, -0.05) is 124 Å². The Morgan fingerprint density at radius 2 is 1.34 bits per heavy atom. The number of pyridine rings is 3. The van der Waals surface area contributed by atoms with Crippen LogP contribution in [-0.2, 0) is 20.1 Å². The number of hydrogen-bond donors (Lipinski definition) is 0. The summed E-state index contributed by atoms with van der Waals surface area (Å²) in [6, 6.07) is 44.5.